The lowest BCUT2D eigenvalue weighted by Gasteiger charge is -2.18. The van der Waals surface area contributed by atoms with Gasteiger partial charge < -0.3 is 5.32 Å². The molecule has 0 aliphatic heterocycles. The van der Waals surface area contributed by atoms with E-state index in [1.54, 1.807) is 11.3 Å². The van der Waals surface area contributed by atoms with Crippen LogP contribution >= 0.6 is 11.3 Å². The van der Waals surface area contributed by atoms with Crippen LogP contribution in [0, 0.1) is 12.7 Å². The molecule has 2 rings (SSSR count). The molecular weight excluding hydrogens is 259 g/mol. The average molecular weight is 278 g/mol. The third-order valence-electron chi connectivity index (χ3n) is 3.00. The van der Waals surface area contributed by atoms with E-state index in [1.165, 1.54) is 17.0 Å². The molecule has 0 radical (unpaired) electrons. The largest absolute Gasteiger partial charge is 0.305 e. The van der Waals surface area contributed by atoms with Gasteiger partial charge in [0.2, 0.25) is 0 Å². The molecule has 0 saturated carbocycles. The van der Waals surface area contributed by atoms with Gasteiger partial charge in [-0.1, -0.05) is 12.1 Å². The fourth-order valence-corrected chi connectivity index (χ4v) is 2.89. The van der Waals surface area contributed by atoms with Crippen molar-refractivity contribution >= 4 is 11.3 Å². The summed E-state index contributed by atoms with van der Waals surface area (Å²) in [6.07, 6.45) is 2.79. The summed E-state index contributed by atoms with van der Waals surface area (Å²) in [4.78, 5) is 5.63. The normalized spacial score (nSPS) is 14.3. The van der Waals surface area contributed by atoms with E-state index in [9.17, 15) is 4.39 Å². The van der Waals surface area contributed by atoms with Gasteiger partial charge in [-0.3, -0.25) is 0 Å². The molecule has 0 aliphatic rings. The first-order chi connectivity index (χ1) is 9.04. The van der Waals surface area contributed by atoms with Gasteiger partial charge in [-0.05, 0) is 44.9 Å². The van der Waals surface area contributed by atoms with Crippen molar-refractivity contribution in [1.82, 2.24) is 10.3 Å². The van der Waals surface area contributed by atoms with E-state index in [1.807, 2.05) is 18.3 Å². The molecule has 0 spiro atoms. The monoisotopic (exact) mass is 278 g/mol. The first kappa shape index (κ1) is 14.2. The second-order valence-electron chi connectivity index (χ2n) is 4.93. The summed E-state index contributed by atoms with van der Waals surface area (Å²) < 4.78 is 12.8. The molecule has 1 heterocycles. The highest BCUT2D eigenvalue weighted by Gasteiger charge is 2.12. The lowest BCUT2D eigenvalue weighted by molar-refractivity contribution is 0.475. The van der Waals surface area contributed by atoms with Crippen molar-refractivity contribution in [3.8, 4) is 0 Å². The Hall–Kier alpha value is -1.26. The van der Waals surface area contributed by atoms with E-state index >= 15 is 0 Å². The van der Waals surface area contributed by atoms with E-state index < -0.39 is 0 Å². The van der Waals surface area contributed by atoms with Crippen molar-refractivity contribution in [2.45, 2.75) is 39.3 Å². The number of aromatic nitrogens is 1. The lowest BCUT2D eigenvalue weighted by atomic mass is 10.1. The smallest absolute Gasteiger partial charge is 0.123 e. The zero-order chi connectivity index (χ0) is 13.8. The summed E-state index contributed by atoms with van der Waals surface area (Å²) in [5.74, 6) is -0.184. The lowest BCUT2D eigenvalue weighted by Crippen LogP contribution is -2.30. The number of hydrogen-bond acceptors (Lipinski definition) is 3. The van der Waals surface area contributed by atoms with Crippen LogP contribution in [0.5, 0.6) is 0 Å². The van der Waals surface area contributed by atoms with Crippen molar-refractivity contribution < 1.29 is 4.39 Å². The third-order valence-corrected chi connectivity index (χ3v) is 4.09. The molecule has 0 bridgehead atoms. The highest BCUT2D eigenvalue weighted by molar-refractivity contribution is 7.11. The second kappa shape index (κ2) is 6.26. The van der Waals surface area contributed by atoms with Crippen molar-refractivity contribution in [1.29, 1.82) is 0 Å². The highest BCUT2D eigenvalue weighted by Crippen LogP contribution is 2.19. The fraction of sp³-hybridized carbons (Fsp3) is 0.400. The van der Waals surface area contributed by atoms with E-state index in [2.05, 4.69) is 31.1 Å². The summed E-state index contributed by atoms with van der Waals surface area (Å²) in [5, 5.41) is 4.64. The molecule has 102 valence electrons. The van der Waals surface area contributed by atoms with Gasteiger partial charge in [-0.15, -0.1) is 11.3 Å². The molecule has 4 heteroatoms. The molecule has 2 unspecified atom stereocenters. The van der Waals surface area contributed by atoms with Gasteiger partial charge in [-0.25, -0.2) is 9.37 Å². The van der Waals surface area contributed by atoms with Gasteiger partial charge in [-0.2, -0.15) is 0 Å². The first-order valence-electron chi connectivity index (χ1n) is 6.47. The number of thiazole rings is 1. The molecule has 2 aromatic rings. The first-order valence-corrected chi connectivity index (χ1v) is 7.29. The van der Waals surface area contributed by atoms with Gasteiger partial charge in [0.25, 0.3) is 0 Å². The van der Waals surface area contributed by atoms with E-state index in [0.29, 0.717) is 6.04 Å². The van der Waals surface area contributed by atoms with Gasteiger partial charge >= 0.3 is 0 Å². The van der Waals surface area contributed by atoms with E-state index in [-0.39, 0.29) is 11.9 Å². The maximum atomic E-state index is 12.8. The summed E-state index contributed by atoms with van der Waals surface area (Å²) in [5.41, 5.74) is 1.14. The van der Waals surface area contributed by atoms with Crippen LogP contribution in [0.2, 0.25) is 0 Å². The van der Waals surface area contributed by atoms with Crippen LogP contribution in [0.15, 0.2) is 30.5 Å². The van der Waals surface area contributed by atoms with Gasteiger partial charge in [0.1, 0.15) is 10.8 Å². The Morgan fingerprint density at radius 3 is 2.53 bits per heavy atom. The number of rotatable bonds is 5. The average Bonchev–Trinajstić information content (AvgIpc) is 2.79. The van der Waals surface area contributed by atoms with E-state index in [4.69, 9.17) is 0 Å². The number of aryl methyl sites for hydroxylation is 1. The molecule has 0 amide bonds. The van der Waals surface area contributed by atoms with E-state index in [0.717, 1.165) is 17.0 Å². The molecule has 2 nitrogen and oxygen atoms in total. The summed E-state index contributed by atoms with van der Waals surface area (Å²) in [6, 6.07) is 7.27. The minimum absolute atomic E-state index is 0.184. The Morgan fingerprint density at radius 2 is 1.95 bits per heavy atom. The van der Waals surface area contributed by atoms with Crippen LogP contribution in [-0.2, 0) is 6.42 Å². The zero-order valence-corrected chi connectivity index (χ0v) is 12.3. The molecular formula is C15H19FN2S. The van der Waals surface area contributed by atoms with Crippen LogP contribution in [0.3, 0.4) is 0 Å². The van der Waals surface area contributed by atoms with Gasteiger partial charge in [0, 0.05) is 17.1 Å². The summed E-state index contributed by atoms with van der Waals surface area (Å²) in [6.45, 7) is 6.33. The van der Waals surface area contributed by atoms with Crippen LogP contribution in [-0.4, -0.2) is 11.0 Å². The zero-order valence-electron chi connectivity index (χ0n) is 11.5. The van der Waals surface area contributed by atoms with Crippen LogP contribution in [0.4, 0.5) is 4.39 Å². The Labute approximate surface area is 117 Å². The number of benzene rings is 1. The quantitative estimate of drug-likeness (QED) is 0.898. The second-order valence-corrected chi connectivity index (χ2v) is 6.20. The van der Waals surface area contributed by atoms with Crippen molar-refractivity contribution in [3.63, 3.8) is 0 Å². The summed E-state index contributed by atoms with van der Waals surface area (Å²) in [7, 11) is 0. The number of halogens is 1. The molecule has 1 N–H and O–H groups in total. The molecule has 0 saturated heterocycles. The molecule has 0 fully saturated rings. The van der Waals surface area contributed by atoms with Crippen LogP contribution in [0.25, 0.3) is 0 Å². The van der Waals surface area contributed by atoms with Crippen molar-refractivity contribution in [2.24, 2.45) is 0 Å². The Balaban J connectivity index is 1.90. The van der Waals surface area contributed by atoms with Gasteiger partial charge in [0.15, 0.2) is 0 Å². The SMILES string of the molecule is Cc1cnc(C(C)NC(C)Cc2ccc(F)cc2)s1. The minimum atomic E-state index is -0.184. The molecule has 1 aromatic heterocycles. The maximum Gasteiger partial charge on any atom is 0.123 e. The van der Waals surface area contributed by atoms with Crippen molar-refractivity contribution in [3.05, 3.63) is 51.7 Å². The Morgan fingerprint density at radius 1 is 1.26 bits per heavy atom. The summed E-state index contributed by atoms with van der Waals surface area (Å²) >= 11 is 1.72. The topological polar surface area (TPSA) is 24.9 Å². The molecule has 2 atom stereocenters. The molecule has 0 aliphatic carbocycles. The fourth-order valence-electron chi connectivity index (χ4n) is 2.10. The predicted octanol–water partition coefficient (Wildman–Crippen LogP) is 3.87. The Bertz CT molecular complexity index is 521. The minimum Gasteiger partial charge on any atom is -0.305 e. The standard InChI is InChI=1S/C15H19FN2S/c1-10(8-13-4-6-14(16)7-5-13)18-12(3)15-17-9-11(2)19-15/h4-7,9-10,12,18H,8H2,1-3H3. The van der Waals surface area contributed by atoms with Crippen LogP contribution < -0.4 is 5.32 Å². The maximum absolute atomic E-state index is 12.8. The number of hydrogen-bond donors (Lipinski definition) is 1. The predicted molar refractivity (Wildman–Crippen MR) is 78.0 cm³/mol. The van der Waals surface area contributed by atoms with Crippen molar-refractivity contribution in [2.75, 3.05) is 0 Å². The Kier molecular flexibility index (Phi) is 4.66. The molecule has 19 heavy (non-hydrogen) atoms. The highest BCUT2D eigenvalue weighted by atomic mass is 32.1. The van der Waals surface area contributed by atoms with Gasteiger partial charge in [0.05, 0.1) is 6.04 Å². The van der Waals surface area contributed by atoms with Crippen LogP contribution in [0.1, 0.15) is 35.3 Å². The number of nitrogens with one attached hydrogen (secondary N) is 1. The number of nitrogens with zero attached hydrogens (tertiary/aromatic N) is 1. The molecule has 1 aromatic carbocycles. The third kappa shape index (κ3) is 4.11.